The maximum absolute atomic E-state index is 6.45. The lowest BCUT2D eigenvalue weighted by Crippen LogP contribution is -2.48. The largest absolute Gasteiger partial charge is 0.376 e. The highest BCUT2D eigenvalue weighted by Crippen LogP contribution is 2.44. The summed E-state index contributed by atoms with van der Waals surface area (Å²) in [6, 6.07) is 0.340. The maximum atomic E-state index is 6.45. The average molecular weight is 314 g/mol. The lowest BCUT2D eigenvalue weighted by molar-refractivity contribution is -0.0764. The van der Waals surface area contributed by atoms with Crippen LogP contribution in [0.15, 0.2) is 6.20 Å². The molecular weight excluding hydrogens is 286 g/mol. The Bertz CT molecular complexity index is 464. The third kappa shape index (κ3) is 3.13. The van der Waals surface area contributed by atoms with Gasteiger partial charge in [-0.15, -0.1) is 0 Å². The molecule has 5 heteroatoms. The second-order valence-corrected chi connectivity index (χ2v) is 7.00. The molecule has 1 fully saturated rings. The smallest absolute Gasteiger partial charge is 0.0888 e. The van der Waals surface area contributed by atoms with Gasteiger partial charge in [-0.2, -0.15) is 5.10 Å². The lowest BCUT2D eigenvalue weighted by atomic mass is 9.74. The van der Waals surface area contributed by atoms with E-state index in [1.54, 1.807) is 6.20 Å². The molecule has 0 spiro atoms. The number of aromatic nitrogens is 2. The minimum absolute atomic E-state index is 0.0624. The number of nitrogens with zero attached hydrogens (tertiary/aromatic N) is 2. The molecule has 1 saturated carbocycles. The van der Waals surface area contributed by atoms with Crippen molar-refractivity contribution in [3.05, 3.63) is 16.9 Å². The molecule has 0 saturated heterocycles. The Labute approximate surface area is 133 Å². The van der Waals surface area contributed by atoms with Crippen LogP contribution in [-0.2, 0) is 4.74 Å². The number of ether oxygens (including phenoxy) is 1. The van der Waals surface area contributed by atoms with Gasteiger partial charge in [0.15, 0.2) is 0 Å². The van der Waals surface area contributed by atoms with Crippen LogP contribution in [0.3, 0.4) is 0 Å². The highest BCUT2D eigenvalue weighted by atomic mass is 35.5. The summed E-state index contributed by atoms with van der Waals surface area (Å²) in [5.74, 6) is 0.774. The Morgan fingerprint density at radius 2 is 2.05 bits per heavy atom. The Hall–Kier alpha value is -0.580. The van der Waals surface area contributed by atoms with E-state index in [0.29, 0.717) is 0 Å². The van der Waals surface area contributed by atoms with Crippen molar-refractivity contribution in [2.75, 3.05) is 14.2 Å². The van der Waals surface area contributed by atoms with Gasteiger partial charge in [0.25, 0.3) is 0 Å². The minimum atomic E-state index is -0.197. The summed E-state index contributed by atoms with van der Waals surface area (Å²) < 4.78 is 8.05. The predicted molar refractivity (Wildman–Crippen MR) is 86.8 cm³/mol. The standard InChI is InChI=1S/C16H28ClN3O/c1-11(2)20-14(13(17)10-19-20)15(18-4)16(21-5)8-6-12(3)7-9-16/h10-12,15,18H,6-9H2,1-5H3. The van der Waals surface area contributed by atoms with Crippen molar-refractivity contribution >= 4 is 11.6 Å². The fraction of sp³-hybridized carbons (Fsp3) is 0.812. The van der Waals surface area contributed by atoms with E-state index >= 15 is 0 Å². The Morgan fingerprint density at radius 3 is 2.52 bits per heavy atom. The van der Waals surface area contributed by atoms with Gasteiger partial charge in [-0.05, 0) is 52.5 Å². The quantitative estimate of drug-likeness (QED) is 0.894. The number of likely N-dealkylation sites (N-methyl/N-ethyl adjacent to an activating group) is 1. The van der Waals surface area contributed by atoms with Crippen molar-refractivity contribution in [1.82, 2.24) is 15.1 Å². The molecule has 1 aliphatic carbocycles. The summed E-state index contributed by atoms with van der Waals surface area (Å²) >= 11 is 6.45. The van der Waals surface area contributed by atoms with Gasteiger partial charge < -0.3 is 10.1 Å². The average Bonchev–Trinajstić information content (AvgIpc) is 2.84. The zero-order valence-electron chi connectivity index (χ0n) is 13.8. The third-order valence-electron chi connectivity index (χ3n) is 4.89. The zero-order chi connectivity index (χ0) is 15.6. The molecule has 4 nitrogen and oxygen atoms in total. The van der Waals surface area contributed by atoms with Crippen molar-refractivity contribution in [1.29, 1.82) is 0 Å². The van der Waals surface area contributed by atoms with Gasteiger partial charge in [0.1, 0.15) is 0 Å². The SMILES string of the molecule is CNC(c1c(Cl)cnn1C(C)C)C1(OC)CCC(C)CC1. The maximum Gasteiger partial charge on any atom is 0.0888 e. The van der Waals surface area contributed by atoms with Gasteiger partial charge >= 0.3 is 0 Å². The van der Waals surface area contributed by atoms with Gasteiger partial charge in [0.2, 0.25) is 0 Å². The van der Waals surface area contributed by atoms with Crippen molar-refractivity contribution in [3.63, 3.8) is 0 Å². The van der Waals surface area contributed by atoms with Crippen LogP contribution in [0.5, 0.6) is 0 Å². The van der Waals surface area contributed by atoms with Gasteiger partial charge in [0.05, 0.1) is 28.6 Å². The molecule has 0 amide bonds. The second kappa shape index (κ2) is 6.67. The molecule has 0 bridgehead atoms. The first-order chi connectivity index (χ1) is 9.95. The fourth-order valence-corrected chi connectivity index (χ4v) is 3.78. The molecule has 120 valence electrons. The number of nitrogens with one attached hydrogen (secondary N) is 1. The molecule has 0 radical (unpaired) electrons. The predicted octanol–water partition coefficient (Wildman–Crippen LogP) is 3.97. The van der Waals surface area contributed by atoms with E-state index in [2.05, 4.69) is 31.2 Å². The molecule has 1 aromatic rings. The van der Waals surface area contributed by atoms with Crippen LogP contribution in [0.4, 0.5) is 0 Å². The fourth-order valence-electron chi connectivity index (χ4n) is 3.54. The van der Waals surface area contributed by atoms with Crippen molar-refractivity contribution < 1.29 is 4.74 Å². The second-order valence-electron chi connectivity index (χ2n) is 6.59. The molecule has 1 aromatic heterocycles. The monoisotopic (exact) mass is 313 g/mol. The highest BCUT2D eigenvalue weighted by Gasteiger charge is 2.44. The van der Waals surface area contributed by atoms with E-state index in [1.165, 1.54) is 12.8 Å². The molecule has 1 N–H and O–H groups in total. The van der Waals surface area contributed by atoms with E-state index in [1.807, 2.05) is 18.8 Å². The van der Waals surface area contributed by atoms with Crippen LogP contribution in [0, 0.1) is 5.92 Å². The summed E-state index contributed by atoms with van der Waals surface area (Å²) in [6.07, 6.45) is 6.24. The molecule has 21 heavy (non-hydrogen) atoms. The summed E-state index contributed by atoms with van der Waals surface area (Å²) in [6.45, 7) is 6.57. The van der Waals surface area contributed by atoms with E-state index in [4.69, 9.17) is 16.3 Å². The molecule has 1 heterocycles. The Morgan fingerprint density at radius 1 is 1.43 bits per heavy atom. The van der Waals surface area contributed by atoms with Crippen molar-refractivity contribution in [3.8, 4) is 0 Å². The summed E-state index contributed by atoms with van der Waals surface area (Å²) in [4.78, 5) is 0. The van der Waals surface area contributed by atoms with Crippen LogP contribution in [0.1, 0.15) is 64.2 Å². The highest BCUT2D eigenvalue weighted by molar-refractivity contribution is 6.31. The van der Waals surface area contributed by atoms with E-state index in [9.17, 15) is 0 Å². The van der Waals surface area contributed by atoms with E-state index < -0.39 is 0 Å². The molecular formula is C16H28ClN3O. The first-order valence-corrected chi connectivity index (χ1v) is 8.28. The van der Waals surface area contributed by atoms with Crippen LogP contribution < -0.4 is 5.32 Å². The molecule has 0 aromatic carbocycles. The number of hydrogen-bond donors (Lipinski definition) is 1. The first kappa shape index (κ1) is 16.8. The normalized spacial score (nSPS) is 28.0. The number of methoxy groups -OCH3 is 1. The summed E-state index contributed by atoms with van der Waals surface area (Å²) in [7, 11) is 3.81. The zero-order valence-corrected chi connectivity index (χ0v) is 14.6. The van der Waals surface area contributed by atoms with Crippen LogP contribution >= 0.6 is 11.6 Å². The Balaban J connectivity index is 2.40. The van der Waals surface area contributed by atoms with Crippen molar-refractivity contribution in [2.45, 2.75) is 64.1 Å². The van der Waals surface area contributed by atoms with Crippen LogP contribution in [0.2, 0.25) is 5.02 Å². The Kier molecular flexibility index (Phi) is 5.33. The molecule has 1 unspecified atom stereocenters. The molecule has 1 atom stereocenters. The van der Waals surface area contributed by atoms with E-state index in [0.717, 1.165) is 29.5 Å². The van der Waals surface area contributed by atoms with Gasteiger partial charge in [-0.25, -0.2) is 0 Å². The van der Waals surface area contributed by atoms with Crippen molar-refractivity contribution in [2.24, 2.45) is 5.92 Å². The third-order valence-corrected chi connectivity index (χ3v) is 5.18. The number of halogens is 1. The van der Waals surface area contributed by atoms with Crippen LogP contribution in [-0.4, -0.2) is 29.5 Å². The number of rotatable bonds is 5. The van der Waals surface area contributed by atoms with Gasteiger partial charge in [0, 0.05) is 13.2 Å². The van der Waals surface area contributed by atoms with Gasteiger partial charge in [-0.1, -0.05) is 18.5 Å². The summed E-state index contributed by atoms with van der Waals surface area (Å²) in [5, 5.41) is 8.62. The summed E-state index contributed by atoms with van der Waals surface area (Å²) in [5.41, 5.74) is 0.850. The topological polar surface area (TPSA) is 39.1 Å². The van der Waals surface area contributed by atoms with Gasteiger partial charge in [-0.3, -0.25) is 4.68 Å². The van der Waals surface area contributed by atoms with Crippen LogP contribution in [0.25, 0.3) is 0 Å². The molecule has 2 rings (SSSR count). The molecule has 0 aliphatic heterocycles. The lowest BCUT2D eigenvalue weighted by Gasteiger charge is -2.44. The number of hydrogen-bond acceptors (Lipinski definition) is 3. The minimum Gasteiger partial charge on any atom is -0.376 e. The van der Waals surface area contributed by atoms with E-state index in [-0.39, 0.29) is 17.7 Å². The first-order valence-electron chi connectivity index (χ1n) is 7.90. The molecule has 1 aliphatic rings.